The van der Waals surface area contributed by atoms with Gasteiger partial charge in [-0.05, 0) is 77.6 Å². The van der Waals surface area contributed by atoms with Crippen LogP contribution in [0.25, 0.3) is 10.8 Å². The normalized spacial score (nSPS) is 25.6. The molecule has 1 aromatic heterocycles. The van der Waals surface area contributed by atoms with Gasteiger partial charge in [0, 0.05) is 21.7 Å². The quantitative estimate of drug-likeness (QED) is 0.327. The number of carbonyl (C=O) groups excluding carboxylic acids is 1. The topological polar surface area (TPSA) is 60.3 Å². The number of carbonyl (C=O) groups is 1. The zero-order valence-electron chi connectivity index (χ0n) is 20.6. The van der Waals surface area contributed by atoms with Crippen molar-refractivity contribution in [2.45, 2.75) is 42.0 Å². The first kappa shape index (κ1) is 23.1. The predicted octanol–water partition coefficient (Wildman–Crippen LogP) is 6.36. The molecule has 0 radical (unpaired) electrons. The van der Waals surface area contributed by atoms with Crippen molar-refractivity contribution >= 4 is 45.5 Å². The second-order valence-electron chi connectivity index (χ2n) is 10.5. The number of aromatic nitrogens is 1. The summed E-state index contributed by atoms with van der Waals surface area (Å²) in [6, 6.07) is 22.4. The van der Waals surface area contributed by atoms with E-state index in [0.717, 1.165) is 32.1 Å². The fourth-order valence-corrected chi connectivity index (χ4v) is 10.0. The molecule has 4 aromatic rings. The molecule has 7 heteroatoms. The van der Waals surface area contributed by atoms with Crippen molar-refractivity contribution in [2.75, 3.05) is 12.4 Å². The lowest BCUT2D eigenvalue weighted by Gasteiger charge is -2.40. The molecule has 0 spiro atoms. The number of anilines is 1. The van der Waals surface area contributed by atoms with Gasteiger partial charge in [0.1, 0.15) is 12.3 Å². The Hall–Kier alpha value is -3.03. The minimum atomic E-state index is -0.172. The third-order valence-electron chi connectivity index (χ3n) is 8.50. The molecule has 1 amide bonds. The Labute approximate surface area is 223 Å². The summed E-state index contributed by atoms with van der Waals surface area (Å²) in [6.45, 7) is 0.0330. The summed E-state index contributed by atoms with van der Waals surface area (Å²) in [7, 11) is 1.69. The van der Waals surface area contributed by atoms with Gasteiger partial charge in [-0.25, -0.2) is 0 Å². The first-order valence-electron chi connectivity index (χ1n) is 12.9. The highest BCUT2D eigenvalue weighted by molar-refractivity contribution is 8.00. The SMILES string of the molecule is COc1ccc([C@@H]2c3sc(=O)n(CC(=O)Nc4ccc5ccccc5c4)c3S[C@@H]3[C@H]4CC[C@@H](C4)[C@@H]23)cc1. The largest absolute Gasteiger partial charge is 0.497 e. The maximum atomic E-state index is 13.3. The Balaban J connectivity index is 1.22. The number of nitrogens with one attached hydrogen (secondary N) is 1. The number of amides is 1. The Morgan fingerprint density at radius 3 is 2.62 bits per heavy atom. The van der Waals surface area contributed by atoms with Gasteiger partial charge in [-0.2, -0.15) is 0 Å². The maximum Gasteiger partial charge on any atom is 0.308 e. The summed E-state index contributed by atoms with van der Waals surface area (Å²) in [4.78, 5) is 27.5. The number of benzene rings is 3. The van der Waals surface area contributed by atoms with Crippen molar-refractivity contribution in [1.29, 1.82) is 0 Å². The fourth-order valence-electron chi connectivity index (χ4n) is 6.88. The van der Waals surface area contributed by atoms with Crippen LogP contribution in [-0.2, 0) is 11.3 Å². The molecule has 5 nitrogen and oxygen atoms in total. The zero-order valence-corrected chi connectivity index (χ0v) is 22.2. The summed E-state index contributed by atoms with van der Waals surface area (Å²) in [5.41, 5.74) is 2.00. The number of ether oxygens (including phenoxy) is 1. The number of thiazole rings is 1. The van der Waals surface area contributed by atoms with Crippen molar-refractivity contribution in [3.05, 3.63) is 86.8 Å². The van der Waals surface area contributed by atoms with Gasteiger partial charge in [-0.1, -0.05) is 53.8 Å². The van der Waals surface area contributed by atoms with E-state index >= 15 is 0 Å². The number of methoxy groups -OCH3 is 1. The van der Waals surface area contributed by atoms with Crippen LogP contribution in [0.15, 0.2) is 76.6 Å². The minimum absolute atomic E-state index is 0.0330. The number of rotatable bonds is 5. The van der Waals surface area contributed by atoms with Gasteiger partial charge >= 0.3 is 4.87 Å². The smallest absolute Gasteiger partial charge is 0.308 e. The van der Waals surface area contributed by atoms with Crippen molar-refractivity contribution in [1.82, 2.24) is 4.57 Å². The fraction of sp³-hybridized carbons (Fsp3) is 0.333. The van der Waals surface area contributed by atoms with Gasteiger partial charge < -0.3 is 10.1 Å². The van der Waals surface area contributed by atoms with Crippen LogP contribution in [-0.4, -0.2) is 22.8 Å². The average Bonchev–Trinajstić information content (AvgIpc) is 3.62. The van der Waals surface area contributed by atoms with Crippen LogP contribution in [0.4, 0.5) is 5.69 Å². The molecule has 2 saturated carbocycles. The molecule has 7 rings (SSSR count). The molecule has 37 heavy (non-hydrogen) atoms. The van der Waals surface area contributed by atoms with Crippen molar-refractivity contribution in [2.24, 2.45) is 17.8 Å². The van der Waals surface area contributed by atoms with Gasteiger partial charge in [-0.3, -0.25) is 14.2 Å². The molecule has 2 heterocycles. The molecular weight excluding hydrogens is 500 g/mol. The summed E-state index contributed by atoms with van der Waals surface area (Å²) in [5, 5.41) is 6.72. The highest BCUT2D eigenvalue weighted by Crippen LogP contribution is 2.64. The average molecular weight is 529 g/mol. The molecule has 188 valence electrons. The van der Waals surface area contributed by atoms with Gasteiger partial charge in [0.05, 0.1) is 12.1 Å². The van der Waals surface area contributed by atoms with Crippen molar-refractivity contribution < 1.29 is 9.53 Å². The summed E-state index contributed by atoms with van der Waals surface area (Å²) in [6.07, 6.45) is 3.86. The standard InChI is InChI=1S/C30H28N2O3S2/c1-35-23-12-9-18(10-13-23)25-26-20-6-7-21(14-20)27(26)36-29-28(25)37-30(34)32(29)16-24(33)31-22-11-8-17-4-2-3-5-19(17)15-22/h2-5,8-13,15,20-21,25-27H,6-7,14,16H2,1H3,(H,31,33)/t20-,21-,25-,26-,27+/m0/s1. The highest BCUT2D eigenvalue weighted by Gasteiger charge is 2.55. The zero-order chi connectivity index (χ0) is 25.1. The maximum absolute atomic E-state index is 13.3. The van der Waals surface area contributed by atoms with E-state index in [9.17, 15) is 9.59 Å². The van der Waals surface area contributed by atoms with E-state index in [2.05, 4.69) is 23.5 Å². The lowest BCUT2D eigenvalue weighted by molar-refractivity contribution is -0.116. The first-order chi connectivity index (χ1) is 18.1. The Morgan fingerprint density at radius 1 is 1.03 bits per heavy atom. The molecule has 1 N–H and O–H groups in total. The van der Waals surface area contributed by atoms with Crippen LogP contribution in [0, 0.1) is 17.8 Å². The highest BCUT2D eigenvalue weighted by atomic mass is 32.2. The van der Waals surface area contributed by atoms with E-state index in [0.29, 0.717) is 23.0 Å². The van der Waals surface area contributed by atoms with E-state index < -0.39 is 0 Å². The van der Waals surface area contributed by atoms with E-state index in [1.165, 1.54) is 36.2 Å². The van der Waals surface area contributed by atoms with Crippen LogP contribution < -0.4 is 14.9 Å². The van der Waals surface area contributed by atoms with E-state index in [1.54, 1.807) is 11.7 Å². The molecule has 5 atom stereocenters. The Kier molecular flexibility index (Phi) is 5.66. The molecule has 0 saturated heterocycles. The number of thioether (sulfide) groups is 1. The third kappa shape index (κ3) is 3.91. The van der Waals surface area contributed by atoms with Gasteiger partial charge in [0.2, 0.25) is 5.91 Å². The molecule has 2 aliphatic carbocycles. The first-order valence-corrected chi connectivity index (χ1v) is 14.6. The molecule has 2 fully saturated rings. The lowest BCUT2D eigenvalue weighted by Crippen LogP contribution is -2.34. The van der Waals surface area contributed by atoms with Gasteiger partial charge in [0.25, 0.3) is 0 Å². The lowest BCUT2D eigenvalue weighted by atomic mass is 9.75. The molecule has 3 aromatic carbocycles. The van der Waals surface area contributed by atoms with Gasteiger partial charge in [0.15, 0.2) is 0 Å². The van der Waals surface area contributed by atoms with Crippen LogP contribution >= 0.6 is 23.1 Å². The Bertz CT molecular complexity index is 1560. The third-order valence-corrected chi connectivity index (χ3v) is 11.3. The van der Waals surface area contributed by atoms with E-state index in [1.807, 2.05) is 60.3 Å². The van der Waals surface area contributed by atoms with Crippen molar-refractivity contribution in [3.63, 3.8) is 0 Å². The van der Waals surface area contributed by atoms with Crippen LogP contribution in [0.5, 0.6) is 5.75 Å². The summed E-state index contributed by atoms with van der Waals surface area (Å²) < 4.78 is 7.12. The monoisotopic (exact) mass is 528 g/mol. The number of nitrogens with zero attached hydrogens (tertiary/aromatic N) is 1. The van der Waals surface area contributed by atoms with Crippen molar-refractivity contribution in [3.8, 4) is 5.75 Å². The summed E-state index contributed by atoms with van der Waals surface area (Å²) >= 11 is 3.19. The molecule has 0 unspecified atom stereocenters. The number of fused-ring (bicyclic) bond motifs is 7. The Morgan fingerprint density at radius 2 is 1.81 bits per heavy atom. The van der Waals surface area contributed by atoms with E-state index in [-0.39, 0.29) is 23.2 Å². The number of hydrogen-bond donors (Lipinski definition) is 1. The number of hydrogen-bond acceptors (Lipinski definition) is 5. The van der Waals surface area contributed by atoms with E-state index in [4.69, 9.17) is 4.74 Å². The molecule has 1 aliphatic heterocycles. The van der Waals surface area contributed by atoms with Gasteiger partial charge in [-0.15, -0.1) is 11.8 Å². The predicted molar refractivity (Wildman–Crippen MR) is 150 cm³/mol. The van der Waals surface area contributed by atoms with Crippen LogP contribution in [0.2, 0.25) is 0 Å². The summed E-state index contributed by atoms with van der Waals surface area (Å²) in [5.74, 6) is 2.82. The second-order valence-corrected chi connectivity index (χ2v) is 12.6. The second kappa shape index (κ2) is 9.07. The van der Waals surface area contributed by atoms with Crippen LogP contribution in [0.3, 0.4) is 0 Å². The minimum Gasteiger partial charge on any atom is -0.497 e. The molecule has 2 bridgehead atoms. The molecular formula is C30H28N2O3S2. The molecule has 3 aliphatic rings. The van der Waals surface area contributed by atoms with Crippen LogP contribution in [0.1, 0.15) is 35.6 Å².